The summed E-state index contributed by atoms with van der Waals surface area (Å²) >= 11 is 0. The Morgan fingerprint density at radius 3 is 2.90 bits per heavy atom. The summed E-state index contributed by atoms with van der Waals surface area (Å²) in [5.74, 6) is 0.995. The summed E-state index contributed by atoms with van der Waals surface area (Å²) in [6.45, 7) is 5.02. The van der Waals surface area contributed by atoms with Crippen LogP contribution in [0, 0.1) is 11.8 Å². The van der Waals surface area contributed by atoms with Crippen LogP contribution in [-0.2, 0) is 4.79 Å². The third-order valence-corrected chi connectivity index (χ3v) is 2.40. The van der Waals surface area contributed by atoms with Gasteiger partial charge in [0, 0.05) is 12.5 Å². The molecule has 1 N–H and O–H groups in total. The summed E-state index contributed by atoms with van der Waals surface area (Å²) in [6.07, 6.45) is 2.32. The van der Waals surface area contributed by atoms with Gasteiger partial charge >= 0.3 is 0 Å². The molecule has 0 bridgehead atoms. The van der Waals surface area contributed by atoms with Crippen molar-refractivity contribution in [3.05, 3.63) is 0 Å². The Kier molecular flexibility index (Phi) is 2.30. The monoisotopic (exact) mass is 141 g/mol. The fourth-order valence-electron chi connectivity index (χ4n) is 1.31. The first-order valence-electron chi connectivity index (χ1n) is 3.99. The van der Waals surface area contributed by atoms with Crippen LogP contribution in [0.25, 0.3) is 0 Å². The molecule has 1 aliphatic heterocycles. The van der Waals surface area contributed by atoms with Crippen molar-refractivity contribution in [2.24, 2.45) is 11.8 Å². The Bertz CT molecular complexity index is 133. The molecule has 1 saturated heterocycles. The highest BCUT2D eigenvalue weighted by molar-refractivity contribution is 5.78. The van der Waals surface area contributed by atoms with Crippen LogP contribution >= 0.6 is 0 Å². The predicted molar refractivity (Wildman–Crippen MR) is 40.6 cm³/mol. The van der Waals surface area contributed by atoms with Gasteiger partial charge in [-0.1, -0.05) is 13.8 Å². The van der Waals surface area contributed by atoms with Gasteiger partial charge in [-0.2, -0.15) is 0 Å². The van der Waals surface area contributed by atoms with Gasteiger partial charge in [0.15, 0.2) is 0 Å². The van der Waals surface area contributed by atoms with Gasteiger partial charge < -0.3 is 5.32 Å². The zero-order valence-electron chi connectivity index (χ0n) is 6.68. The number of nitrogens with one attached hydrogen (secondary N) is 1. The largest absolute Gasteiger partial charge is 0.356 e. The molecule has 1 fully saturated rings. The molecule has 10 heavy (non-hydrogen) atoms. The Labute approximate surface area is 62.0 Å². The average Bonchev–Trinajstić information content (AvgIpc) is 2.04. The molecule has 2 unspecified atom stereocenters. The van der Waals surface area contributed by atoms with Gasteiger partial charge in [-0.05, 0) is 18.8 Å². The topological polar surface area (TPSA) is 29.1 Å². The Morgan fingerprint density at radius 2 is 2.20 bits per heavy atom. The van der Waals surface area contributed by atoms with Crippen molar-refractivity contribution in [3.63, 3.8) is 0 Å². The number of amides is 1. The molecular formula is C8H15NO. The van der Waals surface area contributed by atoms with Gasteiger partial charge in [0.2, 0.25) is 5.91 Å². The van der Waals surface area contributed by atoms with E-state index < -0.39 is 0 Å². The van der Waals surface area contributed by atoms with Gasteiger partial charge in [-0.25, -0.2) is 0 Å². The lowest BCUT2D eigenvalue weighted by Gasteiger charge is -2.13. The molecule has 0 spiro atoms. The van der Waals surface area contributed by atoms with Crippen LogP contribution in [0.15, 0.2) is 0 Å². The van der Waals surface area contributed by atoms with Crippen LogP contribution in [-0.4, -0.2) is 12.5 Å². The fourth-order valence-corrected chi connectivity index (χ4v) is 1.31. The van der Waals surface area contributed by atoms with E-state index in [9.17, 15) is 4.79 Å². The number of rotatable bonds is 0. The maximum absolute atomic E-state index is 11.1. The lowest BCUT2D eigenvalue weighted by molar-refractivity contribution is -0.125. The third-order valence-electron chi connectivity index (χ3n) is 2.40. The standard InChI is InChI=1S/C8H15NO/c1-6-4-3-5-9-8(10)7(6)2/h6-7H,3-5H2,1-2H3,(H,9,10). The van der Waals surface area contributed by atoms with Crippen molar-refractivity contribution in [1.82, 2.24) is 5.32 Å². The summed E-state index contributed by atoms with van der Waals surface area (Å²) in [5, 5.41) is 2.89. The number of hydrogen-bond donors (Lipinski definition) is 1. The van der Waals surface area contributed by atoms with Crippen molar-refractivity contribution in [3.8, 4) is 0 Å². The molecule has 0 aliphatic carbocycles. The van der Waals surface area contributed by atoms with Crippen molar-refractivity contribution < 1.29 is 4.79 Å². The van der Waals surface area contributed by atoms with Gasteiger partial charge in [-0.3, -0.25) is 4.79 Å². The normalized spacial score (nSPS) is 34.8. The minimum absolute atomic E-state index is 0.211. The zero-order valence-corrected chi connectivity index (χ0v) is 6.68. The predicted octanol–water partition coefficient (Wildman–Crippen LogP) is 1.17. The quantitative estimate of drug-likeness (QED) is 0.539. The zero-order chi connectivity index (χ0) is 7.56. The van der Waals surface area contributed by atoms with Crippen LogP contribution in [0.3, 0.4) is 0 Å². The highest BCUT2D eigenvalue weighted by Crippen LogP contribution is 2.18. The van der Waals surface area contributed by atoms with E-state index in [1.54, 1.807) is 0 Å². The molecule has 0 aromatic rings. The first-order chi connectivity index (χ1) is 4.72. The maximum atomic E-state index is 11.1. The van der Waals surface area contributed by atoms with Crippen LogP contribution < -0.4 is 5.32 Å². The van der Waals surface area contributed by atoms with Gasteiger partial charge in [0.25, 0.3) is 0 Å². The Balaban J connectivity index is 2.55. The first kappa shape index (κ1) is 7.58. The van der Waals surface area contributed by atoms with Crippen LogP contribution in [0.5, 0.6) is 0 Å². The molecule has 1 rings (SSSR count). The number of carbonyl (C=O) groups is 1. The molecule has 1 heterocycles. The second-order valence-corrected chi connectivity index (χ2v) is 3.20. The first-order valence-corrected chi connectivity index (χ1v) is 3.99. The van der Waals surface area contributed by atoms with E-state index >= 15 is 0 Å². The SMILES string of the molecule is CC1CCCNC(=O)C1C. The van der Waals surface area contributed by atoms with Crippen molar-refractivity contribution >= 4 is 5.91 Å². The van der Waals surface area contributed by atoms with E-state index in [4.69, 9.17) is 0 Å². The second kappa shape index (κ2) is 3.04. The molecule has 2 atom stereocenters. The van der Waals surface area contributed by atoms with Crippen molar-refractivity contribution in [2.45, 2.75) is 26.7 Å². The average molecular weight is 141 g/mol. The van der Waals surface area contributed by atoms with E-state index in [0.717, 1.165) is 13.0 Å². The maximum Gasteiger partial charge on any atom is 0.223 e. The van der Waals surface area contributed by atoms with Gasteiger partial charge in [-0.15, -0.1) is 0 Å². The molecular weight excluding hydrogens is 126 g/mol. The highest BCUT2D eigenvalue weighted by Gasteiger charge is 2.21. The Hall–Kier alpha value is -0.530. The summed E-state index contributed by atoms with van der Waals surface area (Å²) in [4.78, 5) is 11.1. The number of carbonyl (C=O) groups excluding carboxylic acids is 1. The van der Waals surface area contributed by atoms with Crippen molar-refractivity contribution in [2.75, 3.05) is 6.54 Å². The molecule has 0 radical (unpaired) electrons. The fraction of sp³-hybridized carbons (Fsp3) is 0.875. The van der Waals surface area contributed by atoms with Crippen LogP contribution in [0.2, 0.25) is 0 Å². The Morgan fingerprint density at radius 1 is 1.50 bits per heavy atom. The van der Waals surface area contributed by atoms with Gasteiger partial charge in [0.05, 0.1) is 0 Å². The van der Waals surface area contributed by atoms with E-state index in [-0.39, 0.29) is 11.8 Å². The summed E-state index contributed by atoms with van der Waals surface area (Å²) in [7, 11) is 0. The van der Waals surface area contributed by atoms with Gasteiger partial charge in [0.1, 0.15) is 0 Å². The lowest BCUT2D eigenvalue weighted by atomic mass is 9.93. The molecule has 58 valence electrons. The third kappa shape index (κ3) is 1.49. The summed E-state index contributed by atoms with van der Waals surface area (Å²) in [5.41, 5.74) is 0. The summed E-state index contributed by atoms with van der Waals surface area (Å²) < 4.78 is 0. The molecule has 0 saturated carbocycles. The van der Waals surface area contributed by atoms with Crippen molar-refractivity contribution in [1.29, 1.82) is 0 Å². The smallest absolute Gasteiger partial charge is 0.223 e. The lowest BCUT2D eigenvalue weighted by Crippen LogP contribution is -2.29. The van der Waals surface area contributed by atoms with E-state index in [1.807, 2.05) is 6.92 Å². The molecule has 2 nitrogen and oxygen atoms in total. The molecule has 1 amide bonds. The van der Waals surface area contributed by atoms with E-state index in [1.165, 1.54) is 6.42 Å². The second-order valence-electron chi connectivity index (χ2n) is 3.20. The number of hydrogen-bond acceptors (Lipinski definition) is 1. The molecule has 0 aromatic carbocycles. The summed E-state index contributed by atoms with van der Waals surface area (Å²) in [6, 6.07) is 0. The minimum atomic E-state index is 0.211. The molecule has 2 heteroatoms. The van der Waals surface area contributed by atoms with Crippen LogP contribution in [0.4, 0.5) is 0 Å². The van der Waals surface area contributed by atoms with Crippen LogP contribution in [0.1, 0.15) is 26.7 Å². The molecule has 0 aromatic heterocycles. The van der Waals surface area contributed by atoms with E-state index in [2.05, 4.69) is 12.2 Å². The minimum Gasteiger partial charge on any atom is -0.356 e. The highest BCUT2D eigenvalue weighted by atomic mass is 16.1. The van der Waals surface area contributed by atoms with E-state index in [0.29, 0.717) is 5.92 Å². The molecule has 1 aliphatic rings.